The van der Waals surface area contributed by atoms with Crippen LogP contribution in [0.25, 0.3) is 0 Å². The largest absolute Gasteiger partial charge is 0.481 e. The lowest BCUT2D eigenvalue weighted by Crippen LogP contribution is -2.34. The molecule has 0 spiro atoms. The standard InChI is InChI=1S/C13H10I3NO3/c14-7-4-9(11(16)10(15)5-7)12(18)17-8-2-1-6(3-8)13(19)20/h1-2,4-6,8H,3H2,(H,17,18)(H,19,20). The van der Waals surface area contributed by atoms with Crippen molar-refractivity contribution in [3.05, 3.63) is 40.6 Å². The molecule has 2 N–H and O–H groups in total. The van der Waals surface area contributed by atoms with E-state index in [1.54, 1.807) is 12.2 Å². The van der Waals surface area contributed by atoms with Gasteiger partial charge in [0.05, 0.1) is 11.5 Å². The van der Waals surface area contributed by atoms with E-state index in [0.717, 1.165) is 10.7 Å². The summed E-state index contributed by atoms with van der Waals surface area (Å²) in [6, 6.07) is 3.64. The predicted octanol–water partition coefficient (Wildman–Crippen LogP) is 3.26. The van der Waals surface area contributed by atoms with Crippen LogP contribution >= 0.6 is 67.8 Å². The number of amides is 1. The van der Waals surface area contributed by atoms with Crippen LogP contribution in [0.4, 0.5) is 0 Å². The molecule has 0 radical (unpaired) electrons. The molecule has 106 valence electrons. The molecule has 2 rings (SSSR count). The van der Waals surface area contributed by atoms with Crippen LogP contribution in [-0.2, 0) is 4.79 Å². The zero-order valence-corrected chi connectivity index (χ0v) is 16.5. The van der Waals surface area contributed by atoms with Gasteiger partial charge >= 0.3 is 5.97 Å². The number of hydrogen-bond acceptors (Lipinski definition) is 2. The lowest BCUT2D eigenvalue weighted by Gasteiger charge is -2.14. The minimum atomic E-state index is -0.851. The summed E-state index contributed by atoms with van der Waals surface area (Å²) in [5.41, 5.74) is 0.633. The fourth-order valence-corrected chi connectivity index (χ4v) is 4.36. The van der Waals surface area contributed by atoms with Gasteiger partial charge in [-0.25, -0.2) is 0 Å². The first kappa shape index (κ1) is 16.5. The van der Waals surface area contributed by atoms with Crippen LogP contribution in [0, 0.1) is 16.6 Å². The number of carbonyl (C=O) groups is 2. The number of halogens is 3. The summed E-state index contributed by atoms with van der Waals surface area (Å²) in [5.74, 6) is -1.52. The summed E-state index contributed by atoms with van der Waals surface area (Å²) in [7, 11) is 0. The number of nitrogens with one attached hydrogen (secondary N) is 1. The molecular weight excluding hydrogens is 599 g/mol. The van der Waals surface area contributed by atoms with Gasteiger partial charge in [0.1, 0.15) is 0 Å². The highest BCUT2D eigenvalue weighted by atomic mass is 127. The Morgan fingerprint density at radius 3 is 2.50 bits per heavy atom. The van der Waals surface area contributed by atoms with E-state index in [-0.39, 0.29) is 11.9 Å². The summed E-state index contributed by atoms with van der Waals surface area (Å²) in [5, 5.41) is 11.8. The first-order valence-electron chi connectivity index (χ1n) is 5.75. The van der Waals surface area contributed by atoms with Gasteiger partial charge in [0.2, 0.25) is 0 Å². The van der Waals surface area contributed by atoms with Gasteiger partial charge < -0.3 is 10.4 Å². The van der Waals surface area contributed by atoms with Gasteiger partial charge in [-0.1, -0.05) is 12.2 Å². The number of hydrogen-bond donors (Lipinski definition) is 2. The monoisotopic (exact) mass is 609 g/mol. The molecule has 2 atom stereocenters. The van der Waals surface area contributed by atoms with Crippen molar-refractivity contribution in [3.63, 3.8) is 0 Å². The molecule has 2 unspecified atom stereocenters. The summed E-state index contributed by atoms with van der Waals surface area (Å²) in [6.45, 7) is 0. The van der Waals surface area contributed by atoms with E-state index in [9.17, 15) is 9.59 Å². The molecule has 0 saturated carbocycles. The fraction of sp³-hybridized carbons (Fsp3) is 0.231. The number of rotatable bonds is 3. The molecule has 1 aromatic rings. The SMILES string of the molecule is O=C(NC1C=CC(C(=O)O)C1)c1cc(I)cc(I)c1I. The molecule has 0 aliphatic heterocycles. The zero-order chi connectivity index (χ0) is 14.9. The summed E-state index contributed by atoms with van der Waals surface area (Å²) >= 11 is 6.53. The maximum absolute atomic E-state index is 12.3. The lowest BCUT2D eigenvalue weighted by molar-refractivity contribution is -0.140. The van der Waals surface area contributed by atoms with E-state index < -0.39 is 11.9 Å². The molecule has 1 aliphatic carbocycles. The Kier molecular flexibility index (Phi) is 5.68. The lowest BCUT2D eigenvalue weighted by atomic mass is 10.1. The van der Waals surface area contributed by atoms with Crippen LogP contribution in [0.1, 0.15) is 16.8 Å². The molecule has 0 aromatic heterocycles. The Hall–Kier alpha value is 0.0900. The normalized spacial score (nSPS) is 20.9. The van der Waals surface area contributed by atoms with Gasteiger partial charge in [-0.3, -0.25) is 9.59 Å². The van der Waals surface area contributed by atoms with Crippen molar-refractivity contribution in [2.75, 3.05) is 0 Å². The van der Waals surface area contributed by atoms with E-state index in [1.165, 1.54) is 0 Å². The molecular formula is C13H10I3NO3. The van der Waals surface area contributed by atoms with Gasteiger partial charge in [0.25, 0.3) is 5.91 Å². The Bertz CT molecular complexity index is 601. The highest BCUT2D eigenvalue weighted by Gasteiger charge is 2.26. The van der Waals surface area contributed by atoms with Crippen molar-refractivity contribution < 1.29 is 14.7 Å². The molecule has 1 aliphatic rings. The smallest absolute Gasteiger partial charge is 0.310 e. The minimum Gasteiger partial charge on any atom is -0.481 e. The second-order valence-electron chi connectivity index (χ2n) is 4.39. The average molecular weight is 609 g/mol. The van der Waals surface area contributed by atoms with E-state index >= 15 is 0 Å². The van der Waals surface area contributed by atoms with Crippen molar-refractivity contribution in [2.45, 2.75) is 12.5 Å². The number of benzene rings is 1. The topological polar surface area (TPSA) is 66.4 Å². The van der Waals surface area contributed by atoms with E-state index in [0.29, 0.717) is 12.0 Å². The molecule has 4 nitrogen and oxygen atoms in total. The van der Waals surface area contributed by atoms with Gasteiger partial charge in [-0.05, 0) is 86.3 Å². The Balaban J connectivity index is 2.11. The molecule has 0 bridgehead atoms. The molecule has 7 heteroatoms. The van der Waals surface area contributed by atoms with E-state index in [4.69, 9.17) is 5.11 Å². The van der Waals surface area contributed by atoms with Crippen molar-refractivity contribution in [3.8, 4) is 0 Å². The molecule has 1 aromatic carbocycles. The van der Waals surface area contributed by atoms with Crippen LogP contribution in [0.3, 0.4) is 0 Å². The van der Waals surface area contributed by atoms with Crippen LogP contribution in [0.2, 0.25) is 0 Å². The zero-order valence-electron chi connectivity index (χ0n) is 10.1. The van der Waals surface area contributed by atoms with Crippen molar-refractivity contribution in [2.24, 2.45) is 5.92 Å². The molecule has 0 fully saturated rings. The van der Waals surface area contributed by atoms with Gasteiger partial charge in [0.15, 0.2) is 0 Å². The average Bonchev–Trinajstić information content (AvgIpc) is 2.82. The number of carboxylic acid groups (broad SMARTS) is 1. The summed E-state index contributed by atoms with van der Waals surface area (Å²) < 4.78 is 2.95. The maximum atomic E-state index is 12.3. The van der Waals surface area contributed by atoms with Gasteiger partial charge in [-0.15, -0.1) is 0 Å². The van der Waals surface area contributed by atoms with Crippen LogP contribution in [0.5, 0.6) is 0 Å². The third kappa shape index (κ3) is 3.84. The Morgan fingerprint density at radius 2 is 1.90 bits per heavy atom. The summed E-state index contributed by atoms with van der Waals surface area (Å²) in [6.07, 6.45) is 3.80. The maximum Gasteiger partial charge on any atom is 0.310 e. The highest BCUT2D eigenvalue weighted by molar-refractivity contribution is 14.1. The number of aliphatic carboxylic acids is 1. The second-order valence-corrected chi connectivity index (χ2v) is 7.88. The quantitative estimate of drug-likeness (QED) is 0.315. The van der Waals surface area contributed by atoms with Crippen molar-refractivity contribution >= 4 is 79.6 Å². The summed E-state index contributed by atoms with van der Waals surface area (Å²) in [4.78, 5) is 23.2. The van der Waals surface area contributed by atoms with Crippen LogP contribution in [-0.4, -0.2) is 23.0 Å². The van der Waals surface area contributed by atoms with E-state index in [2.05, 4.69) is 73.1 Å². The van der Waals surface area contributed by atoms with Gasteiger partial charge in [0, 0.05) is 16.8 Å². The molecule has 0 saturated heterocycles. The first-order valence-corrected chi connectivity index (χ1v) is 8.98. The second kappa shape index (κ2) is 6.90. The first-order chi connectivity index (χ1) is 9.38. The fourth-order valence-electron chi connectivity index (χ4n) is 1.96. The Labute approximate surface area is 157 Å². The van der Waals surface area contributed by atoms with E-state index in [1.807, 2.05) is 12.1 Å². The third-order valence-electron chi connectivity index (χ3n) is 2.95. The number of carbonyl (C=O) groups excluding carboxylic acids is 1. The minimum absolute atomic E-state index is 0.161. The Morgan fingerprint density at radius 1 is 1.20 bits per heavy atom. The van der Waals surface area contributed by atoms with Gasteiger partial charge in [-0.2, -0.15) is 0 Å². The van der Waals surface area contributed by atoms with Crippen LogP contribution < -0.4 is 5.32 Å². The third-order valence-corrected chi connectivity index (χ3v) is 6.62. The molecule has 1 amide bonds. The van der Waals surface area contributed by atoms with Crippen molar-refractivity contribution in [1.82, 2.24) is 5.32 Å². The number of carboxylic acids is 1. The molecule has 20 heavy (non-hydrogen) atoms. The highest BCUT2D eigenvalue weighted by Crippen LogP contribution is 2.24. The predicted molar refractivity (Wildman–Crippen MR) is 101 cm³/mol. The van der Waals surface area contributed by atoms with Crippen molar-refractivity contribution in [1.29, 1.82) is 0 Å². The molecule has 0 heterocycles. The van der Waals surface area contributed by atoms with Crippen LogP contribution in [0.15, 0.2) is 24.3 Å².